The molecule has 0 unspecified atom stereocenters. The fourth-order valence-corrected chi connectivity index (χ4v) is 2.47. The van der Waals surface area contributed by atoms with E-state index < -0.39 is 12.6 Å². The first-order chi connectivity index (χ1) is 10.6. The molecular weight excluding hydrogens is 312 g/mol. The van der Waals surface area contributed by atoms with Crippen LogP contribution < -0.4 is 4.74 Å². The van der Waals surface area contributed by atoms with Crippen LogP contribution in [0.25, 0.3) is 6.08 Å². The van der Waals surface area contributed by atoms with Crippen molar-refractivity contribution in [3.63, 3.8) is 0 Å². The molecule has 0 saturated heterocycles. The molecule has 1 aromatic carbocycles. The van der Waals surface area contributed by atoms with Gasteiger partial charge < -0.3 is 9.47 Å². The summed E-state index contributed by atoms with van der Waals surface area (Å²) in [5.41, 5.74) is 0.788. The number of thiophene rings is 1. The average Bonchev–Trinajstić information content (AvgIpc) is 3.11. The lowest BCUT2D eigenvalue weighted by molar-refractivity contribution is -0.129. The second kappa shape index (κ2) is 6.07. The molecule has 1 aliphatic heterocycles. The van der Waals surface area contributed by atoms with Crippen molar-refractivity contribution >= 4 is 29.3 Å². The van der Waals surface area contributed by atoms with Gasteiger partial charge in [-0.3, -0.25) is 0 Å². The fraction of sp³-hybridized carbons (Fsp3) is 0.0667. The standard InChI is InChI=1S/C15H9F2NO3S/c16-15(17)20-10-5-3-9(4-6-10)8-11-14(19)21-13(18-11)12-2-1-7-22-12/h1-8,15H/b11-8-. The van der Waals surface area contributed by atoms with Crippen LogP contribution in [0.2, 0.25) is 0 Å². The molecule has 7 heteroatoms. The van der Waals surface area contributed by atoms with Crippen molar-refractivity contribution in [1.29, 1.82) is 0 Å². The van der Waals surface area contributed by atoms with E-state index in [1.165, 1.54) is 29.5 Å². The van der Waals surface area contributed by atoms with Gasteiger partial charge in [-0.2, -0.15) is 8.78 Å². The molecule has 0 saturated carbocycles. The molecular formula is C15H9F2NO3S. The van der Waals surface area contributed by atoms with E-state index in [1.54, 1.807) is 18.2 Å². The molecule has 0 N–H and O–H groups in total. The summed E-state index contributed by atoms with van der Waals surface area (Å²) in [7, 11) is 0. The number of cyclic esters (lactones) is 1. The van der Waals surface area contributed by atoms with E-state index in [1.807, 2.05) is 11.4 Å². The molecule has 2 heterocycles. The summed E-state index contributed by atoms with van der Waals surface area (Å²) < 4.78 is 33.5. The van der Waals surface area contributed by atoms with Gasteiger partial charge in [0.15, 0.2) is 5.70 Å². The van der Waals surface area contributed by atoms with Gasteiger partial charge in [0.1, 0.15) is 5.75 Å². The Labute approximate surface area is 128 Å². The van der Waals surface area contributed by atoms with Gasteiger partial charge >= 0.3 is 12.6 Å². The number of esters is 1. The van der Waals surface area contributed by atoms with Crippen LogP contribution in [-0.2, 0) is 9.53 Å². The van der Waals surface area contributed by atoms with Crippen LogP contribution in [0.3, 0.4) is 0 Å². The highest BCUT2D eigenvalue weighted by Gasteiger charge is 2.24. The van der Waals surface area contributed by atoms with E-state index in [0.29, 0.717) is 5.56 Å². The number of carbonyl (C=O) groups excluding carboxylic acids is 1. The number of carbonyl (C=O) groups is 1. The summed E-state index contributed by atoms with van der Waals surface area (Å²) in [5.74, 6) is -0.228. The third-order valence-electron chi connectivity index (χ3n) is 2.76. The average molecular weight is 321 g/mol. The number of rotatable bonds is 4. The Balaban J connectivity index is 1.81. The molecule has 2 aromatic rings. The number of hydrogen-bond donors (Lipinski definition) is 0. The third kappa shape index (κ3) is 3.20. The maximum absolute atomic E-state index is 12.1. The van der Waals surface area contributed by atoms with Gasteiger partial charge in [0.2, 0.25) is 5.90 Å². The molecule has 3 rings (SSSR count). The first-order valence-corrected chi connectivity index (χ1v) is 7.11. The van der Waals surface area contributed by atoms with E-state index in [4.69, 9.17) is 4.74 Å². The fourth-order valence-electron chi connectivity index (χ4n) is 1.82. The Kier molecular flexibility index (Phi) is 3.97. The van der Waals surface area contributed by atoms with Crippen molar-refractivity contribution in [3.8, 4) is 5.75 Å². The summed E-state index contributed by atoms with van der Waals surface area (Å²) >= 11 is 1.42. The summed E-state index contributed by atoms with van der Waals surface area (Å²) in [6.45, 7) is -2.87. The first kappa shape index (κ1) is 14.4. The molecule has 112 valence electrons. The minimum absolute atomic E-state index is 0.0499. The van der Waals surface area contributed by atoms with Crippen molar-refractivity contribution in [2.45, 2.75) is 6.61 Å². The molecule has 0 bridgehead atoms. The van der Waals surface area contributed by atoms with E-state index >= 15 is 0 Å². The molecule has 0 amide bonds. The normalized spacial score (nSPS) is 16.0. The van der Waals surface area contributed by atoms with E-state index in [2.05, 4.69) is 9.73 Å². The molecule has 1 aliphatic rings. The molecule has 22 heavy (non-hydrogen) atoms. The van der Waals surface area contributed by atoms with Gasteiger partial charge in [-0.05, 0) is 35.2 Å². The molecule has 0 atom stereocenters. The lowest BCUT2D eigenvalue weighted by atomic mass is 10.2. The SMILES string of the molecule is O=C1OC(c2cccs2)=N/C1=C\c1ccc(OC(F)F)cc1. The zero-order chi connectivity index (χ0) is 15.5. The van der Waals surface area contributed by atoms with Gasteiger partial charge in [0, 0.05) is 0 Å². The monoisotopic (exact) mass is 321 g/mol. The maximum Gasteiger partial charge on any atom is 0.387 e. The number of hydrogen-bond acceptors (Lipinski definition) is 5. The molecule has 0 radical (unpaired) electrons. The summed E-state index contributed by atoms with van der Waals surface area (Å²) in [5, 5.41) is 1.86. The van der Waals surface area contributed by atoms with Gasteiger partial charge in [-0.25, -0.2) is 9.79 Å². The summed E-state index contributed by atoms with van der Waals surface area (Å²) in [6, 6.07) is 9.52. The predicted molar refractivity (Wildman–Crippen MR) is 78.0 cm³/mol. The van der Waals surface area contributed by atoms with Crippen LogP contribution in [0.5, 0.6) is 5.75 Å². The Morgan fingerprint density at radius 1 is 1.23 bits per heavy atom. The van der Waals surface area contributed by atoms with Crippen molar-refractivity contribution in [3.05, 3.63) is 57.9 Å². The van der Waals surface area contributed by atoms with Crippen molar-refractivity contribution in [2.24, 2.45) is 4.99 Å². The van der Waals surface area contributed by atoms with E-state index in [0.717, 1.165) is 4.88 Å². The number of aliphatic imine (C=N–C) groups is 1. The second-order valence-electron chi connectivity index (χ2n) is 4.26. The quantitative estimate of drug-likeness (QED) is 0.637. The Morgan fingerprint density at radius 2 is 2.00 bits per heavy atom. The van der Waals surface area contributed by atoms with Gasteiger partial charge in [-0.1, -0.05) is 18.2 Å². The number of alkyl halides is 2. The van der Waals surface area contributed by atoms with Crippen LogP contribution in [-0.4, -0.2) is 18.5 Å². The number of benzene rings is 1. The van der Waals surface area contributed by atoms with Gasteiger partial charge in [0.05, 0.1) is 4.88 Å². The summed E-state index contributed by atoms with van der Waals surface area (Å²) in [6.07, 6.45) is 1.52. The minimum atomic E-state index is -2.87. The summed E-state index contributed by atoms with van der Waals surface area (Å²) in [4.78, 5) is 16.7. The second-order valence-corrected chi connectivity index (χ2v) is 5.21. The maximum atomic E-state index is 12.1. The topological polar surface area (TPSA) is 47.9 Å². The Bertz CT molecular complexity index is 737. The zero-order valence-electron chi connectivity index (χ0n) is 11.0. The third-order valence-corrected chi connectivity index (χ3v) is 3.62. The smallest absolute Gasteiger partial charge is 0.387 e. The highest BCUT2D eigenvalue weighted by atomic mass is 32.1. The Hall–Kier alpha value is -2.54. The number of halogens is 2. The largest absolute Gasteiger partial charge is 0.435 e. The van der Waals surface area contributed by atoms with E-state index in [9.17, 15) is 13.6 Å². The lowest BCUT2D eigenvalue weighted by Gasteiger charge is -2.03. The van der Waals surface area contributed by atoms with Crippen LogP contribution in [0.4, 0.5) is 8.78 Å². The first-order valence-electron chi connectivity index (χ1n) is 6.23. The molecule has 0 spiro atoms. The Morgan fingerprint density at radius 3 is 2.64 bits per heavy atom. The van der Waals surface area contributed by atoms with Crippen molar-refractivity contribution < 1.29 is 23.0 Å². The molecule has 1 aromatic heterocycles. The highest BCUT2D eigenvalue weighted by Crippen LogP contribution is 2.22. The molecule has 4 nitrogen and oxygen atoms in total. The van der Waals surface area contributed by atoms with Crippen LogP contribution >= 0.6 is 11.3 Å². The lowest BCUT2D eigenvalue weighted by Crippen LogP contribution is -2.03. The number of nitrogens with zero attached hydrogens (tertiary/aromatic N) is 1. The predicted octanol–water partition coefficient (Wildman–Crippen LogP) is 3.69. The van der Waals surface area contributed by atoms with Crippen LogP contribution in [0.15, 0.2) is 52.5 Å². The van der Waals surface area contributed by atoms with Gasteiger partial charge in [0.25, 0.3) is 0 Å². The van der Waals surface area contributed by atoms with Crippen molar-refractivity contribution in [1.82, 2.24) is 0 Å². The van der Waals surface area contributed by atoms with Crippen LogP contribution in [0.1, 0.15) is 10.4 Å². The molecule has 0 fully saturated rings. The van der Waals surface area contributed by atoms with E-state index in [-0.39, 0.29) is 17.3 Å². The highest BCUT2D eigenvalue weighted by molar-refractivity contribution is 7.12. The number of ether oxygens (including phenoxy) is 2. The minimum Gasteiger partial charge on any atom is -0.435 e. The van der Waals surface area contributed by atoms with Crippen LogP contribution in [0, 0.1) is 0 Å². The van der Waals surface area contributed by atoms with Gasteiger partial charge in [-0.15, -0.1) is 11.3 Å². The van der Waals surface area contributed by atoms with Crippen molar-refractivity contribution in [2.75, 3.05) is 0 Å². The zero-order valence-corrected chi connectivity index (χ0v) is 11.8. The molecule has 0 aliphatic carbocycles.